The molecule has 0 aromatic heterocycles. The molecule has 0 saturated carbocycles. The average Bonchev–Trinajstić information content (AvgIpc) is 3.12. The third-order valence-corrected chi connectivity index (χ3v) is 7.19. The molecule has 2 N–H and O–H groups in total. The minimum absolute atomic E-state index is 0.114. The first-order valence-electron chi connectivity index (χ1n) is 14.0. The fourth-order valence-corrected chi connectivity index (χ4v) is 4.16. The van der Waals surface area contributed by atoms with Gasteiger partial charge in [0.05, 0.1) is 18.3 Å². The van der Waals surface area contributed by atoms with E-state index in [1.54, 1.807) is 20.8 Å². The molecule has 1 aliphatic rings. The molecule has 228 valence electrons. The lowest BCUT2D eigenvalue weighted by molar-refractivity contribution is -0.145. The van der Waals surface area contributed by atoms with Gasteiger partial charge in [0.15, 0.2) is 0 Å². The Hall–Kier alpha value is -3.57. The predicted octanol–water partition coefficient (Wildman–Crippen LogP) is 3.68. The van der Waals surface area contributed by atoms with Crippen molar-refractivity contribution < 1.29 is 37.9 Å². The second kappa shape index (κ2) is 13.2. The van der Waals surface area contributed by atoms with E-state index in [1.807, 2.05) is 76.2 Å². The Morgan fingerprint density at radius 1 is 0.929 bits per heavy atom. The SMILES string of the molecule is COC(=O)C(Cc1ccc(OCc2ccccc2)c(B2OC(C)(C)C(C)(C)O2)c1)NC(=O)C(C)NC(=O)OC(C)(C)C. The lowest BCUT2D eigenvalue weighted by atomic mass is 9.77. The summed E-state index contributed by atoms with van der Waals surface area (Å²) in [5, 5.41) is 5.17. The Kier molecular flexibility index (Phi) is 10.3. The molecular weight excluding hydrogens is 539 g/mol. The average molecular weight is 583 g/mol. The van der Waals surface area contributed by atoms with Crippen molar-refractivity contribution in [1.82, 2.24) is 10.6 Å². The van der Waals surface area contributed by atoms with Gasteiger partial charge in [-0.3, -0.25) is 4.79 Å². The zero-order valence-corrected chi connectivity index (χ0v) is 26.0. The van der Waals surface area contributed by atoms with E-state index >= 15 is 0 Å². The van der Waals surface area contributed by atoms with Crippen molar-refractivity contribution >= 4 is 30.6 Å². The minimum atomic E-state index is -1.02. The summed E-state index contributed by atoms with van der Waals surface area (Å²) in [5.41, 5.74) is 0.505. The summed E-state index contributed by atoms with van der Waals surface area (Å²) < 4.78 is 29.0. The molecule has 2 aromatic rings. The second-order valence-corrected chi connectivity index (χ2v) is 12.4. The van der Waals surface area contributed by atoms with Gasteiger partial charge in [-0.25, -0.2) is 9.59 Å². The number of hydrogen-bond acceptors (Lipinski definition) is 8. The van der Waals surface area contributed by atoms with Gasteiger partial charge < -0.3 is 34.2 Å². The number of nitrogens with one attached hydrogen (secondary N) is 2. The fourth-order valence-electron chi connectivity index (χ4n) is 4.16. The highest BCUT2D eigenvalue weighted by Gasteiger charge is 2.52. The zero-order chi connectivity index (χ0) is 31.3. The normalized spacial score (nSPS) is 17.1. The van der Waals surface area contributed by atoms with E-state index in [4.69, 9.17) is 23.5 Å². The minimum Gasteiger partial charge on any atom is -0.489 e. The summed E-state index contributed by atoms with van der Waals surface area (Å²) in [6.07, 6.45) is -0.624. The first-order valence-corrected chi connectivity index (χ1v) is 14.0. The van der Waals surface area contributed by atoms with E-state index in [1.165, 1.54) is 14.0 Å². The van der Waals surface area contributed by atoms with Crippen LogP contribution in [0.1, 0.15) is 66.5 Å². The van der Waals surface area contributed by atoms with E-state index in [0.29, 0.717) is 17.8 Å². The summed E-state index contributed by atoms with van der Waals surface area (Å²) in [4.78, 5) is 37.7. The first-order chi connectivity index (χ1) is 19.5. The molecule has 3 rings (SSSR count). The number of methoxy groups -OCH3 is 1. The van der Waals surface area contributed by atoms with Crippen LogP contribution in [0, 0.1) is 0 Å². The molecule has 0 bridgehead atoms. The Morgan fingerprint density at radius 2 is 1.55 bits per heavy atom. The van der Waals surface area contributed by atoms with E-state index < -0.39 is 54.0 Å². The number of rotatable bonds is 10. The fraction of sp³-hybridized carbons (Fsp3) is 0.516. The Balaban J connectivity index is 1.83. The summed E-state index contributed by atoms with van der Waals surface area (Å²) in [5.74, 6) is -0.616. The summed E-state index contributed by atoms with van der Waals surface area (Å²) in [6.45, 7) is 14.9. The van der Waals surface area contributed by atoms with Gasteiger partial charge in [0.1, 0.15) is 30.0 Å². The third kappa shape index (κ3) is 8.72. The van der Waals surface area contributed by atoms with Crippen LogP contribution in [0.3, 0.4) is 0 Å². The van der Waals surface area contributed by atoms with Crippen LogP contribution in [0.25, 0.3) is 0 Å². The maximum absolute atomic E-state index is 12.9. The third-order valence-electron chi connectivity index (χ3n) is 7.19. The molecule has 2 aromatic carbocycles. The number of carbonyl (C=O) groups excluding carboxylic acids is 3. The first kappa shape index (κ1) is 32.9. The molecule has 0 radical (unpaired) electrons. The van der Waals surface area contributed by atoms with Gasteiger partial charge in [-0.2, -0.15) is 0 Å². The van der Waals surface area contributed by atoms with Crippen LogP contribution in [0.4, 0.5) is 4.79 Å². The van der Waals surface area contributed by atoms with Gasteiger partial charge in [0.25, 0.3) is 0 Å². The lowest BCUT2D eigenvalue weighted by Gasteiger charge is -2.32. The molecule has 0 spiro atoms. The maximum atomic E-state index is 12.9. The molecular formula is C31H43BN2O8. The van der Waals surface area contributed by atoms with Crippen LogP contribution in [0.2, 0.25) is 0 Å². The number of esters is 1. The van der Waals surface area contributed by atoms with Crippen molar-refractivity contribution in [1.29, 1.82) is 0 Å². The highest BCUT2D eigenvalue weighted by Crippen LogP contribution is 2.37. The van der Waals surface area contributed by atoms with E-state index in [0.717, 1.165) is 11.1 Å². The quantitative estimate of drug-likeness (QED) is 0.322. The molecule has 2 unspecified atom stereocenters. The summed E-state index contributed by atoms with van der Waals surface area (Å²) >= 11 is 0. The van der Waals surface area contributed by atoms with Crippen molar-refractivity contribution in [3.05, 3.63) is 59.7 Å². The van der Waals surface area contributed by atoms with Gasteiger partial charge in [0, 0.05) is 11.9 Å². The topological polar surface area (TPSA) is 121 Å². The number of hydrogen-bond donors (Lipinski definition) is 2. The number of benzene rings is 2. The van der Waals surface area contributed by atoms with Gasteiger partial charge >= 0.3 is 19.2 Å². The number of alkyl carbamates (subject to hydrolysis) is 1. The van der Waals surface area contributed by atoms with Gasteiger partial charge in [-0.15, -0.1) is 0 Å². The number of ether oxygens (including phenoxy) is 3. The van der Waals surface area contributed by atoms with Crippen molar-refractivity contribution in [2.75, 3.05) is 7.11 Å². The Labute approximate surface area is 248 Å². The van der Waals surface area contributed by atoms with Crippen molar-refractivity contribution in [2.45, 2.75) is 97.3 Å². The van der Waals surface area contributed by atoms with Crippen LogP contribution in [0.15, 0.2) is 48.5 Å². The van der Waals surface area contributed by atoms with Gasteiger partial charge in [0.2, 0.25) is 5.91 Å². The smallest absolute Gasteiger partial charge is 0.489 e. The van der Waals surface area contributed by atoms with Crippen LogP contribution in [-0.4, -0.2) is 61.1 Å². The molecule has 11 heteroatoms. The monoisotopic (exact) mass is 582 g/mol. The molecule has 2 atom stereocenters. The van der Waals surface area contributed by atoms with E-state index in [9.17, 15) is 14.4 Å². The predicted molar refractivity (Wildman–Crippen MR) is 159 cm³/mol. The molecule has 1 saturated heterocycles. The molecule has 42 heavy (non-hydrogen) atoms. The molecule has 10 nitrogen and oxygen atoms in total. The highest BCUT2D eigenvalue weighted by atomic mass is 16.7. The van der Waals surface area contributed by atoms with Gasteiger partial charge in [-0.1, -0.05) is 42.5 Å². The lowest BCUT2D eigenvalue weighted by Crippen LogP contribution is -2.52. The molecule has 1 fully saturated rings. The summed E-state index contributed by atoms with van der Waals surface area (Å²) in [7, 11) is 0.533. The van der Waals surface area contributed by atoms with E-state index in [2.05, 4.69) is 10.6 Å². The van der Waals surface area contributed by atoms with Crippen molar-refractivity contribution in [3.63, 3.8) is 0 Å². The summed E-state index contributed by atoms with van der Waals surface area (Å²) in [6, 6.07) is 13.3. The number of carbonyl (C=O) groups is 3. The Morgan fingerprint density at radius 3 is 2.12 bits per heavy atom. The van der Waals surface area contributed by atoms with Gasteiger partial charge in [-0.05, 0) is 72.6 Å². The van der Waals surface area contributed by atoms with Crippen LogP contribution in [0.5, 0.6) is 5.75 Å². The van der Waals surface area contributed by atoms with Crippen LogP contribution < -0.4 is 20.8 Å². The maximum Gasteiger partial charge on any atom is 0.498 e. The van der Waals surface area contributed by atoms with E-state index in [-0.39, 0.29) is 6.42 Å². The van der Waals surface area contributed by atoms with Crippen molar-refractivity contribution in [3.8, 4) is 5.75 Å². The standard InChI is InChI=1S/C31H43BN2O8/c1-20(33-28(37)40-29(2,3)4)26(35)34-24(27(36)38-9)18-22-15-16-25(39-19-21-13-11-10-12-14-21)23(17-22)32-41-30(5,6)31(7,8)42-32/h10-17,20,24H,18-19H2,1-9H3,(H,33,37)(H,34,35). The molecule has 1 aliphatic heterocycles. The highest BCUT2D eigenvalue weighted by molar-refractivity contribution is 6.63. The van der Waals surface area contributed by atoms with Crippen molar-refractivity contribution in [2.24, 2.45) is 0 Å². The largest absolute Gasteiger partial charge is 0.498 e. The zero-order valence-electron chi connectivity index (χ0n) is 26.0. The molecule has 0 aliphatic carbocycles. The van der Waals surface area contributed by atoms with Crippen LogP contribution in [-0.2, 0) is 41.4 Å². The molecule has 1 heterocycles. The Bertz CT molecular complexity index is 1240. The molecule has 2 amide bonds. The number of amides is 2. The van der Waals surface area contributed by atoms with Crippen LogP contribution >= 0.6 is 0 Å². The second-order valence-electron chi connectivity index (χ2n) is 12.4.